The van der Waals surface area contributed by atoms with E-state index in [-0.39, 0.29) is 17.2 Å². The molecule has 0 aromatic heterocycles. The zero-order chi connectivity index (χ0) is 22.0. The van der Waals surface area contributed by atoms with Gasteiger partial charge in [0.05, 0.1) is 29.0 Å². The summed E-state index contributed by atoms with van der Waals surface area (Å²) in [6.07, 6.45) is 0. The van der Waals surface area contributed by atoms with Crippen molar-refractivity contribution in [1.29, 1.82) is 0 Å². The van der Waals surface area contributed by atoms with Crippen LogP contribution in [-0.2, 0) is 9.53 Å². The first kappa shape index (κ1) is 20.4. The molecule has 1 heterocycles. The van der Waals surface area contributed by atoms with Crippen molar-refractivity contribution in [3.63, 3.8) is 0 Å². The van der Waals surface area contributed by atoms with Gasteiger partial charge in [-0.05, 0) is 36.4 Å². The fourth-order valence-corrected chi connectivity index (χ4v) is 4.26. The van der Waals surface area contributed by atoms with E-state index in [1.807, 2.05) is 48.5 Å². The predicted octanol–water partition coefficient (Wildman–Crippen LogP) is 4.59. The minimum Gasteiger partial charge on any atom is -0.477 e. The summed E-state index contributed by atoms with van der Waals surface area (Å²) in [5.74, 6) is -1.20. The Hall–Kier alpha value is -3.85. The van der Waals surface area contributed by atoms with Crippen LogP contribution >= 0.6 is 11.8 Å². The lowest BCUT2D eigenvalue weighted by molar-refractivity contribution is -0.385. The van der Waals surface area contributed by atoms with Gasteiger partial charge in [-0.2, -0.15) is 0 Å². The molecule has 0 N–H and O–H groups in total. The quantitative estimate of drug-likeness (QED) is 0.328. The molecule has 3 aromatic carbocycles. The second-order valence-electron chi connectivity index (χ2n) is 6.49. The van der Waals surface area contributed by atoms with Gasteiger partial charge in [-0.1, -0.05) is 36.0 Å². The highest BCUT2D eigenvalue weighted by molar-refractivity contribution is 7.99. The van der Waals surface area contributed by atoms with Crippen LogP contribution in [0.1, 0.15) is 10.4 Å². The van der Waals surface area contributed by atoms with Crippen LogP contribution in [0.15, 0.2) is 76.5 Å². The van der Waals surface area contributed by atoms with Crippen LogP contribution in [-0.4, -0.2) is 30.5 Å². The smallest absolute Gasteiger partial charge is 0.338 e. The van der Waals surface area contributed by atoms with Crippen LogP contribution in [0.5, 0.6) is 5.75 Å². The molecule has 0 unspecified atom stereocenters. The number of para-hydroxylation sites is 2. The van der Waals surface area contributed by atoms with E-state index in [1.165, 1.54) is 19.2 Å². The van der Waals surface area contributed by atoms with E-state index in [4.69, 9.17) is 4.74 Å². The first-order chi connectivity index (χ1) is 15.0. The lowest BCUT2D eigenvalue weighted by Gasteiger charge is -2.30. The average Bonchev–Trinajstić information content (AvgIpc) is 2.80. The maximum absolute atomic E-state index is 13.1. The number of nitro benzene ring substituents is 1. The summed E-state index contributed by atoms with van der Waals surface area (Å²) < 4.78 is 10.1. The fourth-order valence-electron chi connectivity index (χ4n) is 3.20. The first-order valence-electron chi connectivity index (χ1n) is 9.18. The Morgan fingerprint density at radius 3 is 2.19 bits per heavy atom. The van der Waals surface area contributed by atoms with Gasteiger partial charge in [0.1, 0.15) is 0 Å². The van der Waals surface area contributed by atoms with Gasteiger partial charge in [-0.3, -0.25) is 19.8 Å². The van der Waals surface area contributed by atoms with Crippen molar-refractivity contribution in [3.05, 3.63) is 82.4 Å². The van der Waals surface area contributed by atoms with E-state index >= 15 is 0 Å². The molecule has 156 valence electrons. The van der Waals surface area contributed by atoms with Crippen molar-refractivity contribution in [2.24, 2.45) is 0 Å². The zero-order valence-corrected chi connectivity index (χ0v) is 17.1. The summed E-state index contributed by atoms with van der Waals surface area (Å²) in [6, 6.07) is 18.7. The van der Waals surface area contributed by atoms with Crippen molar-refractivity contribution in [1.82, 2.24) is 0 Å². The van der Waals surface area contributed by atoms with Gasteiger partial charge < -0.3 is 9.47 Å². The summed E-state index contributed by atoms with van der Waals surface area (Å²) in [5, 5.41) is 11.4. The normalized spacial score (nSPS) is 11.8. The second-order valence-corrected chi connectivity index (χ2v) is 7.57. The second kappa shape index (κ2) is 8.49. The van der Waals surface area contributed by atoms with Gasteiger partial charge in [0, 0.05) is 15.9 Å². The number of carbonyl (C=O) groups is 2. The molecule has 9 heteroatoms. The molecule has 0 spiro atoms. The topological polar surface area (TPSA) is 99.0 Å². The van der Waals surface area contributed by atoms with Crippen LogP contribution in [0.3, 0.4) is 0 Å². The highest BCUT2D eigenvalue weighted by Crippen LogP contribution is 2.47. The van der Waals surface area contributed by atoms with Crippen molar-refractivity contribution < 1.29 is 24.0 Å². The largest absolute Gasteiger partial charge is 0.477 e. The summed E-state index contributed by atoms with van der Waals surface area (Å²) in [7, 11) is 1.18. The molecule has 0 atom stereocenters. The third-order valence-electron chi connectivity index (χ3n) is 4.61. The van der Waals surface area contributed by atoms with Gasteiger partial charge in [-0.25, -0.2) is 4.79 Å². The number of nitro groups is 1. The Morgan fingerprint density at radius 2 is 1.61 bits per heavy atom. The minimum atomic E-state index is -0.704. The number of esters is 1. The molecule has 0 saturated carbocycles. The molecule has 0 fully saturated rings. The molecule has 1 aliphatic heterocycles. The number of carbonyl (C=O) groups excluding carboxylic acids is 2. The van der Waals surface area contributed by atoms with Crippen LogP contribution in [0.4, 0.5) is 17.1 Å². The maximum atomic E-state index is 13.1. The Balaban J connectivity index is 1.62. The Bertz CT molecular complexity index is 1150. The number of nitrogens with zero attached hydrogens (tertiary/aromatic N) is 2. The van der Waals surface area contributed by atoms with Crippen molar-refractivity contribution in [3.8, 4) is 5.75 Å². The van der Waals surface area contributed by atoms with Crippen LogP contribution < -0.4 is 9.64 Å². The number of rotatable bonds is 5. The number of hydrogen-bond acceptors (Lipinski definition) is 7. The van der Waals surface area contributed by atoms with E-state index in [0.717, 1.165) is 27.2 Å². The Morgan fingerprint density at radius 1 is 1.00 bits per heavy atom. The SMILES string of the molecule is COC(=O)c1ccc(OCC(=O)N2c3ccccc3Sc3ccccc32)c([N+](=O)[O-])c1. The minimum absolute atomic E-state index is 0.0174. The third kappa shape index (κ3) is 3.95. The van der Waals surface area contributed by atoms with E-state index in [1.54, 1.807) is 16.7 Å². The Labute approximate surface area is 181 Å². The monoisotopic (exact) mass is 436 g/mol. The van der Waals surface area contributed by atoms with Crippen molar-refractivity contribution in [2.75, 3.05) is 18.6 Å². The molecule has 31 heavy (non-hydrogen) atoms. The molecule has 4 rings (SSSR count). The molecule has 0 aliphatic carbocycles. The summed E-state index contributed by atoms with van der Waals surface area (Å²) >= 11 is 1.56. The molecule has 3 aromatic rings. The maximum Gasteiger partial charge on any atom is 0.338 e. The molecule has 1 aliphatic rings. The molecule has 0 saturated heterocycles. The van der Waals surface area contributed by atoms with Crippen LogP contribution in [0, 0.1) is 10.1 Å². The summed E-state index contributed by atoms with van der Waals surface area (Å²) in [4.78, 5) is 39.0. The van der Waals surface area contributed by atoms with E-state index in [9.17, 15) is 19.7 Å². The fraction of sp³-hybridized carbons (Fsp3) is 0.0909. The van der Waals surface area contributed by atoms with Gasteiger partial charge in [0.25, 0.3) is 5.91 Å². The highest BCUT2D eigenvalue weighted by atomic mass is 32.2. The number of benzene rings is 3. The van der Waals surface area contributed by atoms with Gasteiger partial charge in [-0.15, -0.1) is 0 Å². The number of ether oxygens (including phenoxy) is 2. The highest BCUT2D eigenvalue weighted by Gasteiger charge is 2.29. The summed E-state index contributed by atoms with van der Waals surface area (Å²) in [6.45, 7) is -0.425. The standard InChI is InChI=1S/C22H16N2O6S/c1-29-22(26)14-10-11-18(17(12-14)24(27)28)30-13-21(25)23-15-6-2-4-8-19(15)31-20-9-5-3-7-16(20)23/h2-12H,13H2,1H3. The predicted molar refractivity (Wildman–Crippen MR) is 114 cm³/mol. The number of methoxy groups -OCH3 is 1. The van der Waals surface area contributed by atoms with Crippen molar-refractivity contribution in [2.45, 2.75) is 9.79 Å². The van der Waals surface area contributed by atoms with Crippen molar-refractivity contribution >= 4 is 40.7 Å². The van der Waals surface area contributed by atoms with Crippen LogP contribution in [0.2, 0.25) is 0 Å². The third-order valence-corrected chi connectivity index (χ3v) is 5.74. The lowest BCUT2D eigenvalue weighted by atomic mass is 10.2. The van der Waals surface area contributed by atoms with Gasteiger partial charge in [0.15, 0.2) is 12.4 Å². The summed E-state index contributed by atoms with van der Waals surface area (Å²) in [5.41, 5.74) is 1.03. The molecule has 0 bridgehead atoms. The molecular weight excluding hydrogens is 420 g/mol. The molecule has 1 amide bonds. The average molecular weight is 436 g/mol. The zero-order valence-electron chi connectivity index (χ0n) is 16.3. The van der Waals surface area contributed by atoms with Gasteiger partial charge in [0.2, 0.25) is 0 Å². The number of anilines is 2. The Kier molecular flexibility index (Phi) is 5.59. The van der Waals surface area contributed by atoms with E-state index < -0.39 is 23.2 Å². The lowest BCUT2D eigenvalue weighted by Crippen LogP contribution is -2.32. The van der Waals surface area contributed by atoms with E-state index in [0.29, 0.717) is 0 Å². The van der Waals surface area contributed by atoms with Crippen LogP contribution in [0.25, 0.3) is 0 Å². The number of hydrogen-bond donors (Lipinski definition) is 0. The molecular formula is C22H16N2O6S. The first-order valence-corrected chi connectivity index (χ1v) is 9.99. The molecule has 8 nitrogen and oxygen atoms in total. The number of amides is 1. The van der Waals surface area contributed by atoms with E-state index in [2.05, 4.69) is 4.74 Å². The van der Waals surface area contributed by atoms with Gasteiger partial charge >= 0.3 is 11.7 Å². The molecule has 0 radical (unpaired) electrons. The number of fused-ring (bicyclic) bond motifs is 2.